The molecule has 1 N–H and O–H groups in total. The van der Waals surface area contributed by atoms with Gasteiger partial charge in [-0.1, -0.05) is 83.8 Å². The molecule has 2 atom stereocenters. The van der Waals surface area contributed by atoms with E-state index in [4.69, 9.17) is 4.74 Å². The minimum atomic E-state index is -1.23. The molecule has 4 aromatic carbocycles. The van der Waals surface area contributed by atoms with Crippen LogP contribution < -0.4 is 9.64 Å². The van der Waals surface area contributed by atoms with Crippen LogP contribution in [0, 0.1) is 5.82 Å². The average molecular weight is 610 g/mol. The summed E-state index contributed by atoms with van der Waals surface area (Å²) >= 11 is 2.60. The van der Waals surface area contributed by atoms with E-state index in [1.54, 1.807) is 24.3 Å². The van der Waals surface area contributed by atoms with Gasteiger partial charge < -0.3 is 9.84 Å². The standard InChI is InChI=1S/C33H24FN3O4S2/c1-18-15-22-16-20(13-14-26(22)41-18)29(38)27-28(24-11-4-5-12-25(24)34)37(31(40)30(27)39)32-35-36-33(43-32)42-17-21-9-6-8-19-7-2-3-10-23(19)21/h2-14,16,18,28,38H,15,17H2,1H3/b29-27+/t18-,28-/m0/s1. The van der Waals surface area contributed by atoms with Gasteiger partial charge in [-0.25, -0.2) is 4.39 Å². The summed E-state index contributed by atoms with van der Waals surface area (Å²) in [7, 11) is 0. The van der Waals surface area contributed by atoms with Crippen molar-refractivity contribution in [2.45, 2.75) is 35.6 Å². The van der Waals surface area contributed by atoms with Crippen LogP contribution in [0.5, 0.6) is 5.75 Å². The van der Waals surface area contributed by atoms with E-state index in [9.17, 15) is 14.7 Å². The molecule has 0 saturated carbocycles. The number of ketones is 1. The molecule has 3 heterocycles. The number of carbonyl (C=O) groups is 2. The second kappa shape index (κ2) is 10.9. The number of fused-ring (bicyclic) bond motifs is 2. The molecule has 0 bridgehead atoms. The number of aliphatic hydroxyl groups is 1. The topological polar surface area (TPSA) is 92.6 Å². The van der Waals surface area contributed by atoms with Crippen LogP contribution >= 0.6 is 23.1 Å². The van der Waals surface area contributed by atoms with E-state index in [0.29, 0.717) is 27.8 Å². The summed E-state index contributed by atoms with van der Waals surface area (Å²) in [5.74, 6) is -1.50. The van der Waals surface area contributed by atoms with Crippen LogP contribution in [0.4, 0.5) is 9.52 Å². The van der Waals surface area contributed by atoms with Crippen LogP contribution in [-0.4, -0.2) is 33.1 Å². The number of thioether (sulfide) groups is 1. The van der Waals surface area contributed by atoms with Crippen molar-refractivity contribution in [1.29, 1.82) is 0 Å². The van der Waals surface area contributed by atoms with Crippen molar-refractivity contribution < 1.29 is 23.8 Å². The molecule has 43 heavy (non-hydrogen) atoms. The molecule has 1 saturated heterocycles. The normalized spacial score (nSPS) is 19.2. The first-order chi connectivity index (χ1) is 20.9. The number of amides is 1. The third-order valence-electron chi connectivity index (χ3n) is 7.65. The molecule has 10 heteroatoms. The SMILES string of the molecule is C[C@H]1Cc2cc(/C(O)=C3\C(=O)C(=O)N(c4nnc(SCc5cccc6ccccc56)s4)[C@H]3c3ccccc3F)ccc2O1. The Hall–Kier alpha value is -4.54. The van der Waals surface area contributed by atoms with Gasteiger partial charge in [0.25, 0.3) is 5.78 Å². The molecule has 0 spiro atoms. The lowest BCUT2D eigenvalue weighted by molar-refractivity contribution is -0.132. The zero-order chi connectivity index (χ0) is 29.7. The number of nitrogens with zero attached hydrogens (tertiary/aromatic N) is 3. The highest BCUT2D eigenvalue weighted by Crippen LogP contribution is 2.45. The van der Waals surface area contributed by atoms with Gasteiger partial charge in [-0.05, 0) is 53.1 Å². The van der Waals surface area contributed by atoms with E-state index < -0.39 is 23.5 Å². The summed E-state index contributed by atoms with van der Waals surface area (Å²) in [5, 5.41) is 22.4. The largest absolute Gasteiger partial charge is 0.507 e. The van der Waals surface area contributed by atoms with Crippen molar-refractivity contribution in [1.82, 2.24) is 10.2 Å². The smallest absolute Gasteiger partial charge is 0.301 e. The van der Waals surface area contributed by atoms with Crippen molar-refractivity contribution in [2.24, 2.45) is 0 Å². The van der Waals surface area contributed by atoms with Crippen molar-refractivity contribution in [3.63, 3.8) is 0 Å². The molecule has 1 fully saturated rings. The van der Waals surface area contributed by atoms with E-state index >= 15 is 4.39 Å². The minimum absolute atomic E-state index is 0.0125. The molecular formula is C33H24FN3O4S2. The van der Waals surface area contributed by atoms with Crippen molar-refractivity contribution in [3.05, 3.63) is 119 Å². The number of ether oxygens (including phenoxy) is 1. The van der Waals surface area contributed by atoms with Crippen LogP contribution in [0.2, 0.25) is 0 Å². The molecule has 5 aromatic rings. The Morgan fingerprint density at radius 2 is 1.84 bits per heavy atom. The van der Waals surface area contributed by atoms with E-state index in [2.05, 4.69) is 34.5 Å². The van der Waals surface area contributed by atoms with Gasteiger partial charge >= 0.3 is 5.91 Å². The number of Topliss-reactive ketones (excluding diaryl/α,β-unsaturated/α-hetero) is 1. The Balaban J connectivity index is 1.26. The maximum absolute atomic E-state index is 15.3. The summed E-state index contributed by atoms with van der Waals surface area (Å²) in [6.45, 7) is 1.94. The Labute approximate surface area is 254 Å². The summed E-state index contributed by atoms with van der Waals surface area (Å²) in [6.07, 6.45) is 0.632. The molecule has 2 aliphatic heterocycles. The Kier molecular flexibility index (Phi) is 6.95. The van der Waals surface area contributed by atoms with Gasteiger partial charge in [0.15, 0.2) is 4.34 Å². The molecule has 2 aliphatic rings. The fourth-order valence-electron chi connectivity index (χ4n) is 5.66. The Morgan fingerprint density at radius 1 is 1.05 bits per heavy atom. The van der Waals surface area contributed by atoms with Gasteiger partial charge in [-0.3, -0.25) is 14.5 Å². The number of aromatic nitrogens is 2. The second-order valence-electron chi connectivity index (χ2n) is 10.4. The third kappa shape index (κ3) is 4.86. The van der Waals surface area contributed by atoms with Crippen molar-refractivity contribution in [2.75, 3.05) is 4.90 Å². The van der Waals surface area contributed by atoms with Gasteiger partial charge in [-0.15, -0.1) is 10.2 Å². The van der Waals surface area contributed by atoms with Gasteiger partial charge in [0.1, 0.15) is 29.5 Å². The molecule has 214 valence electrons. The predicted molar refractivity (Wildman–Crippen MR) is 165 cm³/mol. The van der Waals surface area contributed by atoms with Crippen LogP contribution in [0.3, 0.4) is 0 Å². The lowest BCUT2D eigenvalue weighted by Crippen LogP contribution is -2.29. The van der Waals surface area contributed by atoms with Gasteiger partial charge in [0.2, 0.25) is 5.13 Å². The summed E-state index contributed by atoms with van der Waals surface area (Å²) < 4.78 is 21.6. The van der Waals surface area contributed by atoms with Gasteiger partial charge in [0.05, 0.1) is 5.57 Å². The molecule has 7 nitrogen and oxygen atoms in total. The van der Waals surface area contributed by atoms with Crippen LogP contribution in [0.25, 0.3) is 16.5 Å². The first kappa shape index (κ1) is 27.3. The predicted octanol–water partition coefficient (Wildman–Crippen LogP) is 7.07. The minimum Gasteiger partial charge on any atom is -0.507 e. The van der Waals surface area contributed by atoms with Crippen LogP contribution in [0.15, 0.2) is 94.8 Å². The first-order valence-electron chi connectivity index (χ1n) is 13.7. The highest BCUT2D eigenvalue weighted by molar-refractivity contribution is 8.00. The van der Waals surface area contributed by atoms with Crippen LogP contribution in [-0.2, 0) is 21.8 Å². The molecule has 7 rings (SSSR count). The summed E-state index contributed by atoms with van der Waals surface area (Å²) in [6, 6.07) is 24.0. The van der Waals surface area contributed by atoms with Gasteiger partial charge in [0, 0.05) is 23.3 Å². The zero-order valence-corrected chi connectivity index (χ0v) is 24.5. The molecular weight excluding hydrogens is 586 g/mol. The van der Waals surface area contributed by atoms with Crippen molar-refractivity contribution in [3.8, 4) is 5.75 Å². The number of hydrogen-bond acceptors (Lipinski definition) is 8. The molecule has 1 aromatic heterocycles. The average Bonchev–Trinajstić information content (AvgIpc) is 3.70. The van der Waals surface area contributed by atoms with E-state index in [1.165, 1.54) is 30.0 Å². The lowest BCUT2D eigenvalue weighted by Gasteiger charge is -2.23. The fourth-order valence-corrected chi connectivity index (χ4v) is 7.53. The summed E-state index contributed by atoms with van der Waals surface area (Å²) in [5.41, 5.74) is 2.22. The Bertz CT molecular complexity index is 1950. The maximum Gasteiger partial charge on any atom is 0.301 e. The second-order valence-corrected chi connectivity index (χ2v) is 12.6. The highest BCUT2D eigenvalue weighted by Gasteiger charge is 2.49. The van der Waals surface area contributed by atoms with E-state index in [0.717, 1.165) is 38.1 Å². The number of hydrogen-bond donors (Lipinski definition) is 1. The van der Waals surface area contributed by atoms with Gasteiger partial charge in [-0.2, -0.15) is 0 Å². The van der Waals surface area contributed by atoms with E-state index in [1.807, 2.05) is 25.1 Å². The number of aliphatic hydroxyl groups excluding tert-OH is 1. The van der Waals surface area contributed by atoms with E-state index in [-0.39, 0.29) is 28.1 Å². The number of benzene rings is 4. The third-order valence-corrected chi connectivity index (χ3v) is 9.75. The quantitative estimate of drug-likeness (QED) is 0.0724. The fraction of sp³-hybridized carbons (Fsp3) is 0.152. The van der Waals surface area contributed by atoms with Crippen molar-refractivity contribution >= 4 is 56.5 Å². The highest BCUT2D eigenvalue weighted by atomic mass is 32.2. The molecule has 0 unspecified atom stereocenters. The number of anilines is 1. The monoisotopic (exact) mass is 609 g/mol. The number of carbonyl (C=O) groups excluding carboxylic acids is 2. The molecule has 1 amide bonds. The van der Waals surface area contributed by atoms with Crippen LogP contribution in [0.1, 0.15) is 35.2 Å². The molecule has 0 aliphatic carbocycles. The Morgan fingerprint density at radius 3 is 2.70 bits per heavy atom. The number of rotatable bonds is 6. The molecule has 0 radical (unpaired) electrons. The lowest BCUT2D eigenvalue weighted by atomic mass is 9.94. The zero-order valence-electron chi connectivity index (χ0n) is 22.9. The summed E-state index contributed by atoms with van der Waals surface area (Å²) in [4.78, 5) is 28.2. The maximum atomic E-state index is 15.3. The first-order valence-corrected chi connectivity index (χ1v) is 15.5. The number of halogens is 1.